The Morgan fingerprint density at radius 2 is 2.11 bits per heavy atom. The third-order valence-corrected chi connectivity index (χ3v) is 4.09. The summed E-state index contributed by atoms with van der Waals surface area (Å²) >= 11 is 0. The number of aromatic nitrogens is 2. The summed E-state index contributed by atoms with van der Waals surface area (Å²) in [5.41, 5.74) is 6.64. The Kier molecular flexibility index (Phi) is 4.45. The average molecular weight is 264 g/mol. The number of nitrogens with two attached hydrogens (primary N) is 1. The van der Waals surface area contributed by atoms with Crippen LogP contribution in [0, 0.1) is 5.92 Å². The maximum atomic E-state index is 12.1. The molecule has 0 aromatic carbocycles. The van der Waals surface area contributed by atoms with Gasteiger partial charge in [0.25, 0.3) is 5.91 Å². The summed E-state index contributed by atoms with van der Waals surface area (Å²) in [5, 5.41) is 7.27. The lowest BCUT2D eigenvalue weighted by atomic mass is 9.84. The van der Waals surface area contributed by atoms with Crippen LogP contribution in [0.25, 0.3) is 0 Å². The third-order valence-electron chi connectivity index (χ3n) is 4.09. The van der Waals surface area contributed by atoms with E-state index in [-0.39, 0.29) is 11.9 Å². The van der Waals surface area contributed by atoms with Crippen molar-refractivity contribution in [1.82, 2.24) is 15.1 Å². The number of hydrogen-bond donors (Lipinski definition) is 2. The smallest absolute Gasteiger partial charge is 0.274 e. The monoisotopic (exact) mass is 264 g/mol. The molecule has 19 heavy (non-hydrogen) atoms. The maximum absolute atomic E-state index is 12.1. The molecule has 106 valence electrons. The van der Waals surface area contributed by atoms with Crippen LogP contribution in [0.1, 0.15) is 56.4 Å². The summed E-state index contributed by atoms with van der Waals surface area (Å²) in [5.74, 6) is 0.696. The van der Waals surface area contributed by atoms with E-state index < -0.39 is 0 Å². The van der Waals surface area contributed by atoms with Gasteiger partial charge in [-0.3, -0.25) is 9.48 Å². The van der Waals surface area contributed by atoms with Crippen molar-refractivity contribution >= 4 is 11.6 Å². The summed E-state index contributed by atoms with van der Waals surface area (Å²) in [6, 6.07) is 0.279. The quantitative estimate of drug-likeness (QED) is 0.875. The van der Waals surface area contributed by atoms with Crippen LogP contribution in [0.4, 0.5) is 5.69 Å². The molecule has 0 bridgehead atoms. The van der Waals surface area contributed by atoms with Crippen molar-refractivity contribution in [3.05, 3.63) is 11.9 Å². The minimum atomic E-state index is -0.135. The minimum absolute atomic E-state index is 0.135. The van der Waals surface area contributed by atoms with Gasteiger partial charge >= 0.3 is 0 Å². The van der Waals surface area contributed by atoms with Crippen LogP contribution in [0.15, 0.2) is 6.20 Å². The van der Waals surface area contributed by atoms with Gasteiger partial charge in [0, 0.05) is 18.8 Å². The number of amides is 1. The highest BCUT2D eigenvalue weighted by molar-refractivity contribution is 5.97. The molecule has 0 radical (unpaired) electrons. The van der Waals surface area contributed by atoms with Gasteiger partial charge in [-0.05, 0) is 38.5 Å². The zero-order chi connectivity index (χ0) is 13.8. The van der Waals surface area contributed by atoms with Crippen LogP contribution in [-0.4, -0.2) is 21.7 Å². The maximum Gasteiger partial charge on any atom is 0.274 e. The van der Waals surface area contributed by atoms with Crippen molar-refractivity contribution in [1.29, 1.82) is 0 Å². The first kappa shape index (κ1) is 13.9. The molecule has 1 aliphatic carbocycles. The first-order chi connectivity index (χ1) is 9.13. The lowest BCUT2D eigenvalue weighted by Crippen LogP contribution is -2.38. The molecule has 1 fully saturated rings. The number of anilines is 1. The topological polar surface area (TPSA) is 72.9 Å². The van der Waals surface area contributed by atoms with Crippen molar-refractivity contribution in [3.63, 3.8) is 0 Å². The molecule has 5 nitrogen and oxygen atoms in total. The summed E-state index contributed by atoms with van der Waals surface area (Å²) in [6.45, 7) is 4.93. The van der Waals surface area contributed by atoms with Crippen LogP contribution in [-0.2, 0) is 6.54 Å². The third kappa shape index (κ3) is 3.28. The van der Waals surface area contributed by atoms with E-state index in [1.807, 2.05) is 6.92 Å². The highest BCUT2D eigenvalue weighted by Crippen LogP contribution is 2.26. The van der Waals surface area contributed by atoms with E-state index >= 15 is 0 Å². The van der Waals surface area contributed by atoms with Crippen LogP contribution in [0.3, 0.4) is 0 Å². The zero-order valence-corrected chi connectivity index (χ0v) is 11.9. The fourth-order valence-corrected chi connectivity index (χ4v) is 2.74. The van der Waals surface area contributed by atoms with E-state index in [0.717, 1.165) is 25.3 Å². The number of aryl methyl sites for hydroxylation is 1. The average Bonchev–Trinajstić information content (AvgIpc) is 2.81. The zero-order valence-electron chi connectivity index (χ0n) is 11.9. The first-order valence-electron chi connectivity index (χ1n) is 7.27. The minimum Gasteiger partial charge on any atom is -0.396 e. The van der Waals surface area contributed by atoms with Crippen molar-refractivity contribution in [2.24, 2.45) is 5.92 Å². The molecule has 1 heterocycles. The fraction of sp³-hybridized carbons (Fsp3) is 0.714. The van der Waals surface area contributed by atoms with Gasteiger partial charge in [0.05, 0.1) is 5.69 Å². The largest absolute Gasteiger partial charge is 0.396 e. The predicted molar refractivity (Wildman–Crippen MR) is 75.8 cm³/mol. The van der Waals surface area contributed by atoms with Crippen LogP contribution >= 0.6 is 0 Å². The van der Waals surface area contributed by atoms with E-state index in [1.165, 1.54) is 19.3 Å². The van der Waals surface area contributed by atoms with Gasteiger partial charge in [-0.1, -0.05) is 13.3 Å². The number of carbonyl (C=O) groups excluding carboxylic acids is 1. The van der Waals surface area contributed by atoms with E-state index in [4.69, 9.17) is 5.73 Å². The SMILES string of the molecule is CCC1CCC(NC(=O)c2nn(CC)cc2N)CC1. The van der Waals surface area contributed by atoms with Crippen molar-refractivity contribution in [2.75, 3.05) is 5.73 Å². The summed E-state index contributed by atoms with van der Waals surface area (Å²) < 4.78 is 1.69. The van der Waals surface area contributed by atoms with Gasteiger partial charge < -0.3 is 11.1 Å². The van der Waals surface area contributed by atoms with Crippen LogP contribution in [0.5, 0.6) is 0 Å². The second-order valence-corrected chi connectivity index (χ2v) is 5.39. The predicted octanol–water partition coefficient (Wildman–Crippen LogP) is 2.18. The highest BCUT2D eigenvalue weighted by atomic mass is 16.2. The Balaban J connectivity index is 1.92. The Hall–Kier alpha value is -1.52. The number of nitrogen functional groups attached to an aromatic ring is 1. The van der Waals surface area contributed by atoms with Gasteiger partial charge in [0.1, 0.15) is 0 Å². The second-order valence-electron chi connectivity index (χ2n) is 5.39. The lowest BCUT2D eigenvalue weighted by molar-refractivity contribution is 0.0916. The molecule has 0 unspecified atom stereocenters. The van der Waals surface area contributed by atoms with Gasteiger partial charge in [-0.2, -0.15) is 5.10 Å². The molecule has 0 aliphatic heterocycles. The molecule has 0 atom stereocenters. The summed E-state index contributed by atoms with van der Waals surface area (Å²) in [7, 11) is 0. The van der Waals surface area contributed by atoms with Crippen molar-refractivity contribution in [3.8, 4) is 0 Å². The molecule has 3 N–H and O–H groups in total. The normalized spacial score (nSPS) is 23.3. The van der Waals surface area contributed by atoms with Gasteiger partial charge in [0.2, 0.25) is 0 Å². The van der Waals surface area contributed by atoms with Crippen LogP contribution < -0.4 is 11.1 Å². The molecule has 0 saturated heterocycles. The Morgan fingerprint density at radius 3 is 2.63 bits per heavy atom. The van der Waals surface area contributed by atoms with Crippen LogP contribution in [0.2, 0.25) is 0 Å². The standard InChI is InChI=1S/C14H24N4O/c1-3-10-5-7-11(8-6-10)16-14(19)13-12(15)9-18(4-2)17-13/h9-11H,3-8,15H2,1-2H3,(H,16,19). The molecular weight excluding hydrogens is 240 g/mol. The molecule has 1 amide bonds. The number of nitrogens with one attached hydrogen (secondary N) is 1. The van der Waals surface area contributed by atoms with E-state index in [1.54, 1.807) is 10.9 Å². The van der Waals surface area contributed by atoms with E-state index in [0.29, 0.717) is 11.4 Å². The number of carbonyl (C=O) groups is 1. The number of hydrogen-bond acceptors (Lipinski definition) is 3. The molecule has 1 aromatic rings. The number of nitrogens with zero attached hydrogens (tertiary/aromatic N) is 2. The Morgan fingerprint density at radius 1 is 1.42 bits per heavy atom. The molecule has 1 saturated carbocycles. The Labute approximate surface area is 114 Å². The fourth-order valence-electron chi connectivity index (χ4n) is 2.74. The summed E-state index contributed by atoms with van der Waals surface area (Å²) in [6.07, 6.45) is 7.51. The second kappa shape index (κ2) is 6.08. The van der Waals surface area contributed by atoms with Gasteiger partial charge in [-0.15, -0.1) is 0 Å². The molecular formula is C14H24N4O. The molecule has 2 rings (SSSR count). The molecule has 1 aromatic heterocycles. The highest BCUT2D eigenvalue weighted by Gasteiger charge is 2.23. The summed E-state index contributed by atoms with van der Waals surface area (Å²) in [4.78, 5) is 12.1. The van der Waals surface area contributed by atoms with E-state index in [9.17, 15) is 4.79 Å². The first-order valence-corrected chi connectivity index (χ1v) is 7.27. The molecule has 0 spiro atoms. The van der Waals surface area contributed by atoms with Gasteiger partial charge in [0.15, 0.2) is 5.69 Å². The van der Waals surface area contributed by atoms with Crippen molar-refractivity contribution < 1.29 is 4.79 Å². The number of rotatable bonds is 4. The molecule has 1 aliphatic rings. The van der Waals surface area contributed by atoms with Gasteiger partial charge in [-0.25, -0.2) is 0 Å². The Bertz CT molecular complexity index is 433. The lowest BCUT2D eigenvalue weighted by Gasteiger charge is -2.28. The van der Waals surface area contributed by atoms with E-state index in [2.05, 4.69) is 17.3 Å². The molecule has 5 heteroatoms. The van der Waals surface area contributed by atoms with Crippen molar-refractivity contribution in [2.45, 2.75) is 58.5 Å².